The molecule has 1 saturated carbocycles. The van der Waals surface area contributed by atoms with E-state index < -0.39 is 0 Å². The van der Waals surface area contributed by atoms with E-state index in [1.165, 1.54) is 19.3 Å². The highest BCUT2D eigenvalue weighted by molar-refractivity contribution is 5.86. The second-order valence-corrected chi connectivity index (χ2v) is 7.87. The summed E-state index contributed by atoms with van der Waals surface area (Å²) < 4.78 is 0. The predicted molar refractivity (Wildman–Crippen MR) is 92.5 cm³/mol. The van der Waals surface area contributed by atoms with Crippen molar-refractivity contribution < 1.29 is 9.59 Å². The van der Waals surface area contributed by atoms with Crippen LogP contribution in [0.2, 0.25) is 0 Å². The zero-order valence-corrected chi connectivity index (χ0v) is 14.7. The average molecular weight is 342 g/mol. The summed E-state index contributed by atoms with van der Waals surface area (Å²) in [5, 5.41) is 0. The van der Waals surface area contributed by atoms with E-state index in [9.17, 15) is 9.59 Å². The highest BCUT2D eigenvalue weighted by atomic mass is 16.2. The van der Waals surface area contributed by atoms with Crippen molar-refractivity contribution in [2.45, 2.75) is 44.9 Å². The van der Waals surface area contributed by atoms with Gasteiger partial charge in [0, 0.05) is 44.8 Å². The van der Waals surface area contributed by atoms with Crippen molar-refractivity contribution in [2.75, 3.05) is 26.2 Å². The van der Waals surface area contributed by atoms with Crippen molar-refractivity contribution in [3.8, 4) is 0 Å². The van der Waals surface area contributed by atoms with Crippen LogP contribution in [0.4, 0.5) is 0 Å². The van der Waals surface area contributed by atoms with Gasteiger partial charge in [-0.25, -0.2) is 0 Å². The lowest BCUT2D eigenvalue weighted by Crippen LogP contribution is -2.52. The van der Waals surface area contributed by atoms with Crippen molar-refractivity contribution in [1.82, 2.24) is 19.8 Å². The Morgan fingerprint density at radius 2 is 2.08 bits per heavy atom. The van der Waals surface area contributed by atoms with E-state index in [0.29, 0.717) is 30.6 Å². The Morgan fingerprint density at radius 1 is 1.20 bits per heavy atom. The highest BCUT2D eigenvalue weighted by Crippen LogP contribution is 2.41. The number of carbonyl (C=O) groups excluding carboxylic acids is 2. The van der Waals surface area contributed by atoms with Gasteiger partial charge in [0.15, 0.2) is 0 Å². The Kier molecular flexibility index (Phi) is 4.44. The molecule has 1 atom stereocenters. The molecule has 3 aliphatic rings. The molecule has 0 aromatic carbocycles. The highest BCUT2D eigenvalue weighted by Gasteiger charge is 2.49. The zero-order chi connectivity index (χ0) is 17.3. The first-order chi connectivity index (χ1) is 12.2. The average Bonchev–Trinajstić information content (AvgIpc) is 3.01. The molecule has 0 radical (unpaired) electrons. The first kappa shape index (κ1) is 16.5. The van der Waals surface area contributed by atoms with Crippen LogP contribution in [0.15, 0.2) is 18.6 Å². The van der Waals surface area contributed by atoms with E-state index in [2.05, 4.69) is 14.9 Å². The standard InChI is InChI=1S/C19H26N4O2/c24-17(11-16-12-20-7-8-21-16)23-10-6-19(14-23)5-2-9-22(18(19)25)13-15-3-1-4-15/h7-8,12,15H,1-6,9-11,13-14H2. The number of carbonyl (C=O) groups is 2. The lowest BCUT2D eigenvalue weighted by atomic mass is 9.77. The van der Waals surface area contributed by atoms with Gasteiger partial charge in [0.1, 0.15) is 0 Å². The topological polar surface area (TPSA) is 66.4 Å². The third-order valence-corrected chi connectivity index (χ3v) is 6.18. The van der Waals surface area contributed by atoms with Crippen LogP contribution in [-0.4, -0.2) is 57.8 Å². The van der Waals surface area contributed by atoms with Crippen molar-refractivity contribution in [3.05, 3.63) is 24.3 Å². The molecular formula is C19H26N4O2. The number of amides is 2. The number of piperidine rings is 1. The van der Waals surface area contributed by atoms with Gasteiger partial charge in [0.2, 0.25) is 11.8 Å². The maximum atomic E-state index is 13.1. The number of rotatable bonds is 4. The van der Waals surface area contributed by atoms with Crippen LogP contribution in [0.1, 0.15) is 44.2 Å². The SMILES string of the molecule is O=C(Cc1cnccn1)N1CCC2(CCCN(CC3CCC3)C2=O)C1. The molecule has 1 unspecified atom stereocenters. The van der Waals surface area contributed by atoms with Crippen molar-refractivity contribution in [1.29, 1.82) is 0 Å². The molecule has 0 bridgehead atoms. The largest absolute Gasteiger partial charge is 0.342 e. The Balaban J connectivity index is 1.39. The molecule has 1 aromatic heterocycles. The van der Waals surface area contributed by atoms with Crippen LogP contribution < -0.4 is 0 Å². The summed E-state index contributed by atoms with van der Waals surface area (Å²) in [7, 11) is 0. The normalized spacial score (nSPS) is 27.0. The molecule has 2 amide bonds. The van der Waals surface area contributed by atoms with Gasteiger partial charge in [-0.05, 0) is 38.0 Å². The lowest BCUT2D eigenvalue weighted by molar-refractivity contribution is -0.147. The molecule has 2 aliphatic heterocycles. The van der Waals surface area contributed by atoms with E-state index in [4.69, 9.17) is 0 Å². The summed E-state index contributed by atoms with van der Waals surface area (Å²) in [5.74, 6) is 1.05. The van der Waals surface area contributed by atoms with Gasteiger partial charge in [0.05, 0.1) is 17.5 Å². The number of hydrogen-bond donors (Lipinski definition) is 0. The lowest BCUT2D eigenvalue weighted by Gasteiger charge is -2.42. The molecule has 3 fully saturated rings. The fraction of sp³-hybridized carbons (Fsp3) is 0.684. The van der Waals surface area contributed by atoms with Gasteiger partial charge in [-0.3, -0.25) is 19.6 Å². The molecule has 0 N–H and O–H groups in total. The zero-order valence-electron chi connectivity index (χ0n) is 14.7. The minimum absolute atomic E-state index is 0.0568. The molecule has 3 heterocycles. The third kappa shape index (κ3) is 3.26. The molecule has 1 spiro atoms. The predicted octanol–water partition coefficient (Wildman–Crippen LogP) is 1.66. The van der Waals surface area contributed by atoms with Crippen LogP contribution in [-0.2, 0) is 16.0 Å². The maximum Gasteiger partial charge on any atom is 0.230 e. The second kappa shape index (κ2) is 6.73. The number of nitrogens with zero attached hydrogens (tertiary/aromatic N) is 4. The van der Waals surface area contributed by atoms with Crippen LogP contribution in [0.5, 0.6) is 0 Å². The van der Waals surface area contributed by atoms with Gasteiger partial charge in [-0.15, -0.1) is 0 Å². The van der Waals surface area contributed by atoms with E-state index >= 15 is 0 Å². The monoisotopic (exact) mass is 342 g/mol. The van der Waals surface area contributed by atoms with Crippen molar-refractivity contribution in [3.63, 3.8) is 0 Å². The van der Waals surface area contributed by atoms with Crippen LogP contribution in [0, 0.1) is 11.3 Å². The van der Waals surface area contributed by atoms with Crippen molar-refractivity contribution >= 4 is 11.8 Å². The van der Waals surface area contributed by atoms with Gasteiger partial charge in [-0.2, -0.15) is 0 Å². The molecular weight excluding hydrogens is 316 g/mol. The van der Waals surface area contributed by atoms with Crippen LogP contribution >= 0.6 is 0 Å². The van der Waals surface area contributed by atoms with E-state index in [1.807, 2.05) is 4.90 Å². The van der Waals surface area contributed by atoms with Crippen LogP contribution in [0.3, 0.4) is 0 Å². The molecule has 2 saturated heterocycles. The van der Waals surface area contributed by atoms with Gasteiger partial charge >= 0.3 is 0 Å². The molecule has 6 heteroatoms. The Hall–Kier alpha value is -1.98. The molecule has 4 rings (SSSR count). The van der Waals surface area contributed by atoms with E-state index in [1.54, 1.807) is 18.6 Å². The summed E-state index contributed by atoms with van der Waals surface area (Å²) in [4.78, 5) is 37.9. The summed E-state index contributed by atoms with van der Waals surface area (Å²) in [5.41, 5.74) is 0.357. The third-order valence-electron chi connectivity index (χ3n) is 6.18. The number of hydrogen-bond acceptors (Lipinski definition) is 4. The molecule has 134 valence electrons. The van der Waals surface area contributed by atoms with Crippen molar-refractivity contribution in [2.24, 2.45) is 11.3 Å². The molecule has 25 heavy (non-hydrogen) atoms. The fourth-order valence-corrected chi connectivity index (χ4v) is 4.47. The molecule has 1 aliphatic carbocycles. The Morgan fingerprint density at radius 3 is 2.80 bits per heavy atom. The van der Waals surface area contributed by atoms with Gasteiger partial charge in [0.25, 0.3) is 0 Å². The van der Waals surface area contributed by atoms with Gasteiger partial charge in [-0.1, -0.05) is 6.42 Å². The Bertz CT molecular complexity index is 646. The first-order valence-electron chi connectivity index (χ1n) is 9.48. The Labute approximate surface area is 148 Å². The van der Waals surface area contributed by atoms with E-state index in [0.717, 1.165) is 32.4 Å². The minimum atomic E-state index is -0.333. The quantitative estimate of drug-likeness (QED) is 0.835. The second-order valence-electron chi connectivity index (χ2n) is 7.87. The molecule has 1 aromatic rings. The minimum Gasteiger partial charge on any atom is -0.342 e. The summed E-state index contributed by atoms with van der Waals surface area (Å²) in [6.07, 6.45) is 11.7. The summed E-state index contributed by atoms with van der Waals surface area (Å²) in [6, 6.07) is 0. The number of aromatic nitrogens is 2. The molecule has 6 nitrogen and oxygen atoms in total. The van der Waals surface area contributed by atoms with Crippen LogP contribution in [0.25, 0.3) is 0 Å². The smallest absolute Gasteiger partial charge is 0.230 e. The fourth-order valence-electron chi connectivity index (χ4n) is 4.47. The number of likely N-dealkylation sites (tertiary alicyclic amines) is 2. The summed E-state index contributed by atoms with van der Waals surface area (Å²) in [6.45, 7) is 3.08. The maximum absolute atomic E-state index is 13.1. The van der Waals surface area contributed by atoms with E-state index in [-0.39, 0.29) is 17.7 Å². The van der Waals surface area contributed by atoms with Gasteiger partial charge < -0.3 is 9.80 Å². The summed E-state index contributed by atoms with van der Waals surface area (Å²) >= 11 is 0. The first-order valence-corrected chi connectivity index (χ1v) is 9.48.